The maximum absolute atomic E-state index is 12.8. The average Bonchev–Trinajstić information content (AvgIpc) is 2.95. The number of carbonyl (C=O) groups is 1. The first-order valence-electron chi connectivity index (χ1n) is 7.85. The Morgan fingerprint density at radius 1 is 1.27 bits per heavy atom. The number of aromatic nitrogens is 2. The molecule has 3 rings (SSSR count). The van der Waals surface area contributed by atoms with Gasteiger partial charge in [-0.3, -0.25) is 4.79 Å². The van der Waals surface area contributed by atoms with Crippen LogP contribution in [0.4, 0.5) is 5.69 Å². The molecule has 0 aliphatic carbocycles. The number of methoxy groups -OCH3 is 2. The second-order valence-corrected chi connectivity index (χ2v) is 7.90. The molecule has 0 unspecified atom stereocenters. The summed E-state index contributed by atoms with van der Waals surface area (Å²) in [5, 5.41) is 3.72. The molecule has 2 heterocycles. The lowest BCUT2D eigenvalue weighted by molar-refractivity contribution is 0.103. The number of hydrogen-bond donors (Lipinski definition) is 1. The number of amides is 1. The van der Waals surface area contributed by atoms with Crippen LogP contribution < -0.4 is 10.1 Å². The molecule has 0 atom stereocenters. The van der Waals surface area contributed by atoms with Gasteiger partial charge in [0.15, 0.2) is 5.82 Å². The minimum absolute atomic E-state index is 0.166. The third kappa shape index (κ3) is 3.67. The highest BCUT2D eigenvalue weighted by atomic mass is 127. The van der Waals surface area contributed by atoms with E-state index in [0.29, 0.717) is 21.4 Å². The molecule has 0 bridgehead atoms. The van der Waals surface area contributed by atoms with Crippen molar-refractivity contribution in [3.63, 3.8) is 0 Å². The number of thiophene rings is 1. The number of hydrogen-bond acceptors (Lipinski definition) is 6. The van der Waals surface area contributed by atoms with Crippen LogP contribution in [0.25, 0.3) is 10.2 Å². The quantitative estimate of drug-likeness (QED) is 0.548. The Labute approximate surface area is 169 Å². The summed E-state index contributed by atoms with van der Waals surface area (Å²) < 4.78 is 11.6. The van der Waals surface area contributed by atoms with Gasteiger partial charge in [0, 0.05) is 16.4 Å². The highest BCUT2D eigenvalue weighted by Crippen LogP contribution is 2.35. The fraction of sp³-hybridized carbons (Fsp3) is 0.278. The number of anilines is 1. The number of halogens is 1. The van der Waals surface area contributed by atoms with Gasteiger partial charge >= 0.3 is 0 Å². The van der Waals surface area contributed by atoms with Crippen molar-refractivity contribution in [1.82, 2.24) is 9.97 Å². The van der Waals surface area contributed by atoms with E-state index in [1.807, 2.05) is 32.0 Å². The predicted octanol–water partition coefficient (Wildman–Crippen LogP) is 4.32. The Balaban J connectivity index is 2.00. The van der Waals surface area contributed by atoms with Crippen LogP contribution in [0, 0.1) is 17.4 Å². The second-order valence-electron chi connectivity index (χ2n) is 5.74. The first-order chi connectivity index (χ1) is 12.4. The van der Waals surface area contributed by atoms with Gasteiger partial charge in [0.1, 0.15) is 11.4 Å². The van der Waals surface area contributed by atoms with Crippen LogP contribution in [0.2, 0.25) is 0 Å². The molecule has 3 aromatic rings. The molecule has 136 valence electrons. The van der Waals surface area contributed by atoms with Crippen LogP contribution in [-0.2, 0) is 11.3 Å². The summed E-state index contributed by atoms with van der Waals surface area (Å²) in [6.07, 6.45) is 0. The lowest BCUT2D eigenvalue weighted by Crippen LogP contribution is -2.11. The first kappa shape index (κ1) is 19.0. The van der Waals surface area contributed by atoms with E-state index in [9.17, 15) is 4.79 Å². The van der Waals surface area contributed by atoms with E-state index >= 15 is 0 Å². The first-order valence-corrected chi connectivity index (χ1v) is 9.74. The number of benzene rings is 1. The Morgan fingerprint density at radius 3 is 2.69 bits per heavy atom. The molecule has 2 aromatic heterocycles. The van der Waals surface area contributed by atoms with Crippen molar-refractivity contribution in [3.8, 4) is 5.88 Å². The second kappa shape index (κ2) is 7.85. The lowest BCUT2D eigenvalue weighted by atomic mass is 10.2. The van der Waals surface area contributed by atoms with E-state index in [1.54, 1.807) is 14.2 Å². The van der Waals surface area contributed by atoms with Crippen LogP contribution >= 0.6 is 33.9 Å². The minimum Gasteiger partial charge on any atom is -0.480 e. The molecule has 0 saturated heterocycles. The summed E-state index contributed by atoms with van der Waals surface area (Å²) in [6.45, 7) is 4.20. The number of nitrogens with zero attached hydrogens (tertiary/aromatic N) is 2. The number of rotatable bonds is 5. The molecule has 0 aliphatic rings. The Morgan fingerprint density at radius 2 is 2.04 bits per heavy atom. The standard InChI is InChI=1S/C18H18IN3O3S/c1-9-5-6-11(7-12(9)19)20-16(23)15-10(2)14-17(25-4)21-13(8-24-3)22-18(14)26-15/h5-7H,8H2,1-4H3,(H,20,23). The molecule has 0 saturated carbocycles. The molecule has 0 aliphatic heterocycles. The zero-order chi connectivity index (χ0) is 18.8. The van der Waals surface area contributed by atoms with Crippen LogP contribution in [0.3, 0.4) is 0 Å². The topological polar surface area (TPSA) is 73.3 Å². The molecule has 0 radical (unpaired) electrons. The number of aryl methyl sites for hydroxylation is 2. The lowest BCUT2D eigenvalue weighted by Gasteiger charge is -2.07. The summed E-state index contributed by atoms with van der Waals surface area (Å²) in [6, 6.07) is 5.84. The van der Waals surface area contributed by atoms with Gasteiger partial charge in [-0.1, -0.05) is 6.07 Å². The third-order valence-corrected chi connectivity index (χ3v) is 6.25. The summed E-state index contributed by atoms with van der Waals surface area (Å²) in [4.78, 5) is 23.0. The van der Waals surface area contributed by atoms with Crippen LogP contribution in [0.1, 0.15) is 26.6 Å². The molecular formula is C18H18IN3O3S. The molecule has 26 heavy (non-hydrogen) atoms. The van der Waals surface area contributed by atoms with E-state index in [1.165, 1.54) is 16.9 Å². The van der Waals surface area contributed by atoms with Crippen molar-refractivity contribution in [3.05, 3.63) is 43.6 Å². The zero-order valence-corrected chi connectivity index (χ0v) is 17.8. The maximum Gasteiger partial charge on any atom is 0.266 e. The monoisotopic (exact) mass is 483 g/mol. The van der Waals surface area contributed by atoms with E-state index < -0.39 is 0 Å². The van der Waals surface area contributed by atoms with Crippen molar-refractivity contribution in [2.75, 3.05) is 19.5 Å². The predicted molar refractivity (Wildman–Crippen MR) is 111 cm³/mol. The minimum atomic E-state index is -0.166. The van der Waals surface area contributed by atoms with Crippen LogP contribution in [0.5, 0.6) is 5.88 Å². The Hall–Kier alpha value is -1.78. The van der Waals surface area contributed by atoms with Crippen LogP contribution in [-0.4, -0.2) is 30.1 Å². The molecule has 1 N–H and O–H groups in total. The maximum atomic E-state index is 12.8. The Kier molecular flexibility index (Phi) is 5.73. The largest absolute Gasteiger partial charge is 0.480 e. The van der Waals surface area contributed by atoms with E-state index in [2.05, 4.69) is 37.9 Å². The third-order valence-electron chi connectivity index (χ3n) is 3.91. The van der Waals surface area contributed by atoms with Crippen molar-refractivity contribution in [2.24, 2.45) is 0 Å². The van der Waals surface area contributed by atoms with Gasteiger partial charge < -0.3 is 14.8 Å². The summed E-state index contributed by atoms with van der Waals surface area (Å²) in [5.74, 6) is 0.818. The van der Waals surface area contributed by atoms with E-state index in [0.717, 1.165) is 20.2 Å². The number of fused-ring (bicyclic) bond motifs is 1. The molecule has 0 spiro atoms. The summed E-state index contributed by atoms with van der Waals surface area (Å²) >= 11 is 3.58. The van der Waals surface area contributed by atoms with Gasteiger partial charge in [-0.2, -0.15) is 4.98 Å². The molecule has 0 fully saturated rings. The normalized spacial score (nSPS) is 11.0. The van der Waals surface area contributed by atoms with Gasteiger partial charge in [-0.05, 0) is 59.7 Å². The highest BCUT2D eigenvalue weighted by Gasteiger charge is 2.21. The fourth-order valence-corrected chi connectivity index (χ4v) is 4.16. The number of carbonyl (C=O) groups excluding carboxylic acids is 1. The molecule has 6 nitrogen and oxygen atoms in total. The summed E-state index contributed by atoms with van der Waals surface area (Å²) in [7, 11) is 3.14. The molecule has 1 aromatic carbocycles. The summed E-state index contributed by atoms with van der Waals surface area (Å²) in [5.41, 5.74) is 2.75. The van der Waals surface area contributed by atoms with Gasteiger partial charge in [-0.15, -0.1) is 11.3 Å². The fourth-order valence-electron chi connectivity index (χ4n) is 2.56. The zero-order valence-electron chi connectivity index (χ0n) is 14.8. The highest BCUT2D eigenvalue weighted by molar-refractivity contribution is 14.1. The Bertz CT molecular complexity index is 987. The molecule has 1 amide bonds. The van der Waals surface area contributed by atoms with Gasteiger partial charge in [0.05, 0.1) is 17.4 Å². The SMILES string of the molecule is COCc1nc(OC)c2c(C)c(C(=O)Nc3ccc(C)c(I)c3)sc2n1. The van der Waals surface area contributed by atoms with Gasteiger partial charge in [0.2, 0.25) is 5.88 Å². The molecule has 8 heteroatoms. The number of nitrogens with one attached hydrogen (secondary N) is 1. The van der Waals surface area contributed by atoms with Crippen molar-refractivity contribution >= 4 is 55.7 Å². The van der Waals surface area contributed by atoms with Crippen molar-refractivity contribution in [2.45, 2.75) is 20.5 Å². The van der Waals surface area contributed by atoms with Crippen molar-refractivity contribution in [1.29, 1.82) is 0 Å². The average molecular weight is 483 g/mol. The van der Waals surface area contributed by atoms with Crippen LogP contribution in [0.15, 0.2) is 18.2 Å². The smallest absolute Gasteiger partial charge is 0.266 e. The van der Waals surface area contributed by atoms with Crippen molar-refractivity contribution < 1.29 is 14.3 Å². The molecular weight excluding hydrogens is 465 g/mol. The van der Waals surface area contributed by atoms with E-state index in [4.69, 9.17) is 9.47 Å². The van der Waals surface area contributed by atoms with Gasteiger partial charge in [-0.25, -0.2) is 4.98 Å². The number of ether oxygens (including phenoxy) is 2. The van der Waals surface area contributed by atoms with Gasteiger partial charge in [0.25, 0.3) is 5.91 Å². The van der Waals surface area contributed by atoms with E-state index in [-0.39, 0.29) is 12.5 Å².